The third kappa shape index (κ3) is 4.75. The zero-order valence-electron chi connectivity index (χ0n) is 25.5. The van der Waals surface area contributed by atoms with Crippen molar-refractivity contribution in [1.82, 2.24) is 19.5 Å². The minimum Gasteiger partial charge on any atom is -0.309 e. The summed E-state index contributed by atoms with van der Waals surface area (Å²) in [6.45, 7) is 0. The van der Waals surface area contributed by atoms with Crippen molar-refractivity contribution in [2.24, 2.45) is 0 Å². The van der Waals surface area contributed by atoms with Crippen molar-refractivity contribution in [1.29, 1.82) is 0 Å². The van der Waals surface area contributed by atoms with Crippen LogP contribution in [-0.2, 0) is 0 Å². The van der Waals surface area contributed by atoms with E-state index in [0.717, 1.165) is 33.5 Å². The van der Waals surface area contributed by atoms with Gasteiger partial charge in [0.2, 0.25) is 0 Å². The van der Waals surface area contributed by atoms with Gasteiger partial charge in [0, 0.05) is 33.2 Å². The molecule has 2 heterocycles. The Morgan fingerprint density at radius 1 is 0.340 bits per heavy atom. The molecule has 0 saturated heterocycles. The molecule has 0 atom stereocenters. The number of hydrogen-bond donors (Lipinski definition) is 0. The van der Waals surface area contributed by atoms with E-state index in [-0.39, 0.29) is 0 Å². The lowest BCUT2D eigenvalue weighted by atomic mass is 9.98. The van der Waals surface area contributed by atoms with Crippen molar-refractivity contribution in [3.63, 3.8) is 0 Å². The van der Waals surface area contributed by atoms with Crippen molar-refractivity contribution in [2.45, 2.75) is 0 Å². The molecule has 2 aromatic heterocycles. The Hall–Kier alpha value is -6.39. The third-order valence-electron chi connectivity index (χ3n) is 8.84. The maximum atomic E-state index is 5.01. The number of benzene rings is 7. The SMILES string of the molecule is c1ccc(-c2nc(-c3ccccc3)nc(-c3ccccc3-c3ccc(-n4c5ccccc5c5cc6ccccc6cc54)cc3)n2)cc1. The molecule has 0 aliphatic heterocycles. The molecule has 0 aliphatic carbocycles. The van der Waals surface area contributed by atoms with E-state index >= 15 is 0 Å². The van der Waals surface area contributed by atoms with Crippen LogP contribution in [0, 0.1) is 0 Å². The van der Waals surface area contributed by atoms with Gasteiger partial charge in [-0.2, -0.15) is 0 Å². The van der Waals surface area contributed by atoms with Gasteiger partial charge < -0.3 is 4.57 Å². The maximum Gasteiger partial charge on any atom is 0.164 e. The summed E-state index contributed by atoms with van der Waals surface area (Å²) in [5.41, 5.74) is 8.53. The number of aromatic nitrogens is 4. The van der Waals surface area contributed by atoms with E-state index in [9.17, 15) is 0 Å². The van der Waals surface area contributed by atoms with Gasteiger partial charge in [-0.1, -0.05) is 140 Å². The second kappa shape index (κ2) is 11.2. The zero-order valence-corrected chi connectivity index (χ0v) is 25.5. The maximum absolute atomic E-state index is 5.01. The van der Waals surface area contributed by atoms with Crippen molar-refractivity contribution in [2.75, 3.05) is 0 Å². The molecule has 0 bridgehead atoms. The molecule has 220 valence electrons. The number of rotatable bonds is 5. The monoisotopic (exact) mass is 600 g/mol. The van der Waals surface area contributed by atoms with E-state index in [2.05, 4.69) is 108 Å². The van der Waals surface area contributed by atoms with Crippen LogP contribution in [0.1, 0.15) is 0 Å². The normalized spacial score (nSPS) is 11.4. The summed E-state index contributed by atoms with van der Waals surface area (Å²) >= 11 is 0. The highest BCUT2D eigenvalue weighted by Gasteiger charge is 2.17. The highest BCUT2D eigenvalue weighted by atomic mass is 15.0. The molecule has 4 nitrogen and oxygen atoms in total. The van der Waals surface area contributed by atoms with Gasteiger partial charge in [-0.3, -0.25) is 0 Å². The molecule has 0 radical (unpaired) electrons. The first kappa shape index (κ1) is 27.0. The lowest BCUT2D eigenvalue weighted by Crippen LogP contribution is -2.01. The van der Waals surface area contributed by atoms with E-state index < -0.39 is 0 Å². The van der Waals surface area contributed by atoms with Gasteiger partial charge in [0.25, 0.3) is 0 Å². The van der Waals surface area contributed by atoms with Gasteiger partial charge in [0.15, 0.2) is 17.5 Å². The first-order chi connectivity index (χ1) is 23.3. The first-order valence-electron chi connectivity index (χ1n) is 15.8. The highest BCUT2D eigenvalue weighted by Crippen LogP contribution is 2.37. The van der Waals surface area contributed by atoms with Crippen LogP contribution in [0.2, 0.25) is 0 Å². The summed E-state index contributed by atoms with van der Waals surface area (Å²) in [5, 5.41) is 4.99. The lowest BCUT2D eigenvalue weighted by Gasteiger charge is -2.13. The Morgan fingerprint density at radius 3 is 1.55 bits per heavy atom. The second-order valence-electron chi connectivity index (χ2n) is 11.7. The van der Waals surface area contributed by atoms with E-state index in [1.165, 1.54) is 32.6 Å². The summed E-state index contributed by atoms with van der Waals surface area (Å²) in [6, 6.07) is 59.2. The average molecular weight is 601 g/mol. The zero-order chi connectivity index (χ0) is 31.2. The van der Waals surface area contributed by atoms with E-state index in [0.29, 0.717) is 17.5 Å². The molecular formula is C43H28N4. The van der Waals surface area contributed by atoms with E-state index in [4.69, 9.17) is 15.0 Å². The fraction of sp³-hybridized carbons (Fsp3) is 0. The minimum atomic E-state index is 0.645. The molecule has 0 aliphatic rings. The Balaban J connectivity index is 1.18. The van der Waals surface area contributed by atoms with Gasteiger partial charge in [0.05, 0.1) is 11.0 Å². The van der Waals surface area contributed by atoms with Gasteiger partial charge in [-0.25, -0.2) is 15.0 Å². The molecule has 7 aromatic carbocycles. The van der Waals surface area contributed by atoms with Gasteiger partial charge in [-0.05, 0) is 52.2 Å². The minimum absolute atomic E-state index is 0.645. The summed E-state index contributed by atoms with van der Waals surface area (Å²) in [6.07, 6.45) is 0. The van der Waals surface area contributed by atoms with Gasteiger partial charge >= 0.3 is 0 Å². The summed E-state index contributed by atoms with van der Waals surface area (Å²) < 4.78 is 2.37. The molecule has 4 heteroatoms. The quantitative estimate of drug-likeness (QED) is 0.197. The molecule has 0 unspecified atom stereocenters. The largest absolute Gasteiger partial charge is 0.309 e. The molecule has 0 spiro atoms. The topological polar surface area (TPSA) is 43.6 Å². The van der Waals surface area contributed by atoms with Crippen molar-refractivity contribution < 1.29 is 0 Å². The van der Waals surface area contributed by atoms with Crippen LogP contribution in [0.4, 0.5) is 0 Å². The van der Waals surface area contributed by atoms with Crippen LogP contribution in [0.5, 0.6) is 0 Å². The predicted molar refractivity (Wildman–Crippen MR) is 193 cm³/mol. The standard InChI is InChI=1S/C43H28N4/c1-3-13-30(14-4-1)41-44-42(31-15-5-2-6-16-31)46-43(45-41)37-21-10-9-19-35(37)29-23-25-34(26-24-29)47-39-22-12-11-20-36(39)38-27-32-17-7-8-18-33(32)28-40(38)47/h1-28H. The van der Waals surface area contributed by atoms with Crippen LogP contribution < -0.4 is 0 Å². The first-order valence-corrected chi connectivity index (χ1v) is 15.8. The molecule has 0 fully saturated rings. The Kier molecular flexibility index (Phi) is 6.43. The van der Waals surface area contributed by atoms with Crippen molar-refractivity contribution >= 4 is 32.6 Å². The fourth-order valence-electron chi connectivity index (χ4n) is 6.58. The molecule has 0 saturated carbocycles. The van der Waals surface area contributed by atoms with Crippen LogP contribution in [0.25, 0.3) is 83.6 Å². The summed E-state index contributed by atoms with van der Waals surface area (Å²) in [7, 11) is 0. The Morgan fingerprint density at radius 2 is 0.872 bits per heavy atom. The van der Waals surface area contributed by atoms with Crippen LogP contribution >= 0.6 is 0 Å². The number of para-hydroxylation sites is 1. The molecular weight excluding hydrogens is 573 g/mol. The predicted octanol–water partition coefficient (Wildman–Crippen LogP) is 10.8. The van der Waals surface area contributed by atoms with Crippen molar-refractivity contribution in [3.05, 3.63) is 170 Å². The van der Waals surface area contributed by atoms with E-state index in [1.807, 2.05) is 66.7 Å². The number of hydrogen-bond acceptors (Lipinski definition) is 3. The molecule has 0 amide bonds. The molecule has 47 heavy (non-hydrogen) atoms. The smallest absolute Gasteiger partial charge is 0.164 e. The second-order valence-corrected chi connectivity index (χ2v) is 11.7. The van der Waals surface area contributed by atoms with Crippen LogP contribution in [0.15, 0.2) is 170 Å². The number of fused-ring (bicyclic) bond motifs is 4. The van der Waals surface area contributed by atoms with Crippen molar-refractivity contribution in [3.8, 4) is 51.0 Å². The Labute approximate surface area is 272 Å². The lowest BCUT2D eigenvalue weighted by molar-refractivity contribution is 1.07. The van der Waals surface area contributed by atoms with E-state index in [1.54, 1.807) is 0 Å². The average Bonchev–Trinajstić information content (AvgIpc) is 3.47. The van der Waals surface area contributed by atoms with Crippen LogP contribution in [0.3, 0.4) is 0 Å². The molecule has 0 N–H and O–H groups in total. The Bertz CT molecular complexity index is 2490. The highest BCUT2D eigenvalue weighted by molar-refractivity contribution is 6.13. The van der Waals surface area contributed by atoms with Gasteiger partial charge in [-0.15, -0.1) is 0 Å². The van der Waals surface area contributed by atoms with Crippen LogP contribution in [-0.4, -0.2) is 19.5 Å². The number of nitrogens with zero attached hydrogens (tertiary/aromatic N) is 4. The molecule has 9 aromatic rings. The fourth-order valence-corrected chi connectivity index (χ4v) is 6.58. The molecule has 9 rings (SSSR count). The third-order valence-corrected chi connectivity index (χ3v) is 8.84. The summed E-state index contributed by atoms with van der Waals surface area (Å²) in [5.74, 6) is 1.95. The summed E-state index contributed by atoms with van der Waals surface area (Å²) in [4.78, 5) is 14.9. The van der Waals surface area contributed by atoms with Gasteiger partial charge in [0.1, 0.15) is 0 Å².